The lowest BCUT2D eigenvalue weighted by Crippen LogP contribution is -2.32. The van der Waals surface area contributed by atoms with Gasteiger partial charge in [-0.2, -0.15) is 0 Å². The lowest BCUT2D eigenvalue weighted by Gasteiger charge is -2.17. The number of fused-ring (bicyclic) bond motifs is 1. The van der Waals surface area contributed by atoms with E-state index in [1.807, 2.05) is 0 Å². The Balaban J connectivity index is 2.48. The van der Waals surface area contributed by atoms with Crippen molar-refractivity contribution >= 4 is 33.3 Å². The number of carbonyl (C=O) groups excluding carboxylic acids is 2. The zero-order valence-corrected chi connectivity index (χ0v) is 11.0. The minimum atomic E-state index is -0.683. The molecule has 1 amide bonds. The second kappa shape index (κ2) is 4.62. The van der Waals surface area contributed by atoms with Gasteiger partial charge in [-0.05, 0) is 33.6 Å². The third-order valence-electron chi connectivity index (χ3n) is 2.68. The quantitative estimate of drug-likeness (QED) is 0.681. The average molecular weight is 313 g/mol. The molecule has 0 aromatic heterocycles. The van der Waals surface area contributed by atoms with E-state index in [1.54, 1.807) is 0 Å². The zero-order chi connectivity index (χ0) is 13.4. The number of nitrogens with zero attached hydrogens (tertiary/aromatic N) is 1. The molecule has 94 valence electrons. The second-order valence-corrected chi connectivity index (χ2v) is 4.81. The maximum absolute atomic E-state index is 13.5. The third-order valence-corrected chi connectivity index (χ3v) is 3.29. The Morgan fingerprint density at radius 2 is 2.11 bits per heavy atom. The summed E-state index contributed by atoms with van der Waals surface area (Å²) in [5, 5.41) is 0. The number of nitrogens with two attached hydrogens (primary N) is 1. The van der Waals surface area contributed by atoms with Crippen molar-refractivity contribution in [2.24, 2.45) is 5.73 Å². The minimum absolute atomic E-state index is 0.120. The van der Waals surface area contributed by atoms with Gasteiger partial charge in [-0.15, -0.1) is 0 Å². The van der Waals surface area contributed by atoms with E-state index in [0.29, 0.717) is 5.57 Å². The van der Waals surface area contributed by atoms with Gasteiger partial charge in [0.15, 0.2) is 0 Å². The van der Waals surface area contributed by atoms with Gasteiger partial charge in [-0.3, -0.25) is 9.59 Å². The Bertz CT molecular complexity index is 571. The van der Waals surface area contributed by atoms with Crippen molar-refractivity contribution in [2.45, 2.75) is 0 Å². The molecule has 0 saturated carbocycles. The number of Topliss-reactive ketones (excluding diaryl/α,β-unsaturated/α-hetero) is 1. The molecular formula is C12H10BrFN2O2. The number of carbonyl (C=O) groups is 2. The molecule has 0 aliphatic carbocycles. The smallest absolute Gasteiger partial charge is 0.299 e. The molecule has 4 nitrogen and oxygen atoms in total. The molecule has 18 heavy (non-hydrogen) atoms. The molecule has 0 bridgehead atoms. The maximum Gasteiger partial charge on any atom is 0.299 e. The number of halogens is 2. The monoisotopic (exact) mass is 312 g/mol. The van der Waals surface area contributed by atoms with Crippen molar-refractivity contribution in [1.82, 2.24) is 0 Å². The molecule has 1 heterocycles. The Hall–Kier alpha value is -1.53. The third kappa shape index (κ3) is 1.97. The van der Waals surface area contributed by atoms with Gasteiger partial charge in [-0.1, -0.05) is 6.58 Å². The van der Waals surface area contributed by atoms with Crippen molar-refractivity contribution < 1.29 is 14.0 Å². The minimum Gasteiger partial charge on any atom is -0.327 e. The van der Waals surface area contributed by atoms with Crippen molar-refractivity contribution in [3.8, 4) is 0 Å². The summed E-state index contributed by atoms with van der Waals surface area (Å²) in [6, 6.07) is 2.47. The Labute approximate surface area is 111 Å². The first-order valence-corrected chi connectivity index (χ1v) is 5.97. The highest BCUT2D eigenvalue weighted by atomic mass is 79.9. The van der Waals surface area contributed by atoms with Crippen molar-refractivity contribution in [3.63, 3.8) is 0 Å². The van der Waals surface area contributed by atoms with Crippen LogP contribution >= 0.6 is 15.9 Å². The lowest BCUT2D eigenvalue weighted by molar-refractivity contribution is -0.114. The number of amides is 1. The van der Waals surface area contributed by atoms with E-state index in [4.69, 9.17) is 5.73 Å². The predicted octanol–water partition coefficient (Wildman–Crippen LogP) is 1.63. The van der Waals surface area contributed by atoms with Crippen LogP contribution in [0.1, 0.15) is 10.4 Å². The van der Waals surface area contributed by atoms with Crippen molar-refractivity contribution in [2.75, 3.05) is 18.0 Å². The van der Waals surface area contributed by atoms with Gasteiger partial charge in [0, 0.05) is 13.1 Å². The fourth-order valence-corrected chi connectivity index (χ4v) is 2.08. The van der Waals surface area contributed by atoms with E-state index >= 15 is 0 Å². The molecule has 0 spiro atoms. The maximum atomic E-state index is 13.5. The van der Waals surface area contributed by atoms with Crippen LogP contribution in [-0.4, -0.2) is 24.8 Å². The van der Waals surface area contributed by atoms with Crippen molar-refractivity contribution in [3.05, 3.63) is 40.1 Å². The summed E-state index contributed by atoms with van der Waals surface area (Å²) in [5.74, 6) is -1.85. The number of hydrogen-bond donors (Lipinski definition) is 1. The zero-order valence-electron chi connectivity index (χ0n) is 9.37. The van der Waals surface area contributed by atoms with Gasteiger partial charge < -0.3 is 10.6 Å². The molecule has 1 aliphatic rings. The topological polar surface area (TPSA) is 63.4 Å². The van der Waals surface area contributed by atoms with Gasteiger partial charge in [0.1, 0.15) is 5.82 Å². The second-order valence-electron chi connectivity index (χ2n) is 3.96. The summed E-state index contributed by atoms with van der Waals surface area (Å²) in [5.41, 5.74) is 6.45. The molecule has 2 N–H and O–H groups in total. The first-order valence-electron chi connectivity index (χ1n) is 5.17. The van der Waals surface area contributed by atoms with E-state index in [0.717, 1.165) is 6.07 Å². The summed E-state index contributed by atoms with van der Waals surface area (Å²) < 4.78 is 13.6. The van der Waals surface area contributed by atoms with Crippen LogP contribution in [0.25, 0.3) is 0 Å². The number of rotatable bonds is 3. The van der Waals surface area contributed by atoms with E-state index < -0.39 is 17.5 Å². The first kappa shape index (κ1) is 12.9. The number of ketones is 1. The SMILES string of the molecule is C=C(CN)CN1C(=O)C(=O)c2cc(Br)c(F)cc21. The lowest BCUT2D eigenvalue weighted by atomic mass is 10.1. The molecular weight excluding hydrogens is 303 g/mol. The molecule has 1 aliphatic heterocycles. The van der Waals surface area contributed by atoms with E-state index in [-0.39, 0.29) is 28.8 Å². The van der Waals surface area contributed by atoms with Crippen LogP contribution in [0.5, 0.6) is 0 Å². The average Bonchev–Trinajstić information content (AvgIpc) is 2.56. The highest BCUT2D eigenvalue weighted by Gasteiger charge is 2.36. The van der Waals surface area contributed by atoms with Crippen LogP contribution in [-0.2, 0) is 4.79 Å². The first-order chi connectivity index (χ1) is 8.45. The molecule has 1 aromatic rings. The van der Waals surface area contributed by atoms with E-state index in [9.17, 15) is 14.0 Å². The standard InChI is InChI=1S/C12H10BrFN2O2/c1-6(4-15)5-16-10-3-9(14)8(13)2-7(10)11(17)12(16)18/h2-3H,1,4-5,15H2. The molecule has 0 radical (unpaired) electrons. The van der Waals surface area contributed by atoms with Crippen LogP contribution in [0, 0.1) is 5.82 Å². The van der Waals surface area contributed by atoms with Gasteiger partial charge in [0.25, 0.3) is 11.7 Å². The molecule has 0 fully saturated rings. The van der Waals surface area contributed by atoms with Gasteiger partial charge in [0.05, 0.1) is 15.7 Å². The van der Waals surface area contributed by atoms with Gasteiger partial charge >= 0.3 is 0 Å². The highest BCUT2D eigenvalue weighted by Crippen LogP contribution is 2.33. The fourth-order valence-electron chi connectivity index (χ4n) is 1.73. The summed E-state index contributed by atoms with van der Waals surface area (Å²) in [4.78, 5) is 24.7. The highest BCUT2D eigenvalue weighted by molar-refractivity contribution is 9.10. The summed E-state index contributed by atoms with van der Waals surface area (Å²) in [7, 11) is 0. The number of anilines is 1. The molecule has 0 saturated heterocycles. The number of hydrogen-bond acceptors (Lipinski definition) is 3. The largest absolute Gasteiger partial charge is 0.327 e. The van der Waals surface area contributed by atoms with E-state index in [2.05, 4.69) is 22.5 Å². The van der Waals surface area contributed by atoms with E-state index in [1.165, 1.54) is 11.0 Å². The van der Waals surface area contributed by atoms with Gasteiger partial charge in [-0.25, -0.2) is 4.39 Å². The molecule has 0 atom stereocenters. The van der Waals surface area contributed by atoms with Crippen LogP contribution < -0.4 is 10.6 Å². The van der Waals surface area contributed by atoms with Crippen molar-refractivity contribution in [1.29, 1.82) is 0 Å². The van der Waals surface area contributed by atoms with Crippen LogP contribution in [0.3, 0.4) is 0 Å². The molecule has 2 rings (SSSR count). The number of benzene rings is 1. The van der Waals surface area contributed by atoms with Gasteiger partial charge in [0.2, 0.25) is 0 Å². The summed E-state index contributed by atoms with van der Waals surface area (Å²) in [6.45, 7) is 4.00. The molecule has 1 aromatic carbocycles. The molecule has 6 heteroatoms. The van der Waals surface area contributed by atoms with Crippen LogP contribution in [0.15, 0.2) is 28.8 Å². The fraction of sp³-hybridized carbons (Fsp3) is 0.167. The Morgan fingerprint density at radius 1 is 1.44 bits per heavy atom. The predicted molar refractivity (Wildman–Crippen MR) is 69.0 cm³/mol. The Morgan fingerprint density at radius 3 is 2.72 bits per heavy atom. The summed E-state index contributed by atoms with van der Waals surface area (Å²) in [6.07, 6.45) is 0. The van der Waals surface area contributed by atoms with Crippen LogP contribution in [0.2, 0.25) is 0 Å². The summed E-state index contributed by atoms with van der Waals surface area (Å²) >= 11 is 2.99. The Kier molecular flexibility index (Phi) is 3.32. The molecule has 0 unspecified atom stereocenters. The normalized spacial score (nSPS) is 14.1. The van der Waals surface area contributed by atoms with Crippen LogP contribution in [0.4, 0.5) is 10.1 Å².